The van der Waals surface area contributed by atoms with Crippen LogP contribution in [0, 0.1) is 19.7 Å². The second-order valence-corrected chi connectivity index (χ2v) is 7.40. The van der Waals surface area contributed by atoms with Crippen LogP contribution < -0.4 is 4.90 Å². The number of benzene rings is 2. The number of hydrogen-bond donors (Lipinski definition) is 0. The highest BCUT2D eigenvalue weighted by atomic mass is 79.9. The summed E-state index contributed by atoms with van der Waals surface area (Å²) in [5.41, 5.74) is 4.17. The van der Waals surface area contributed by atoms with Crippen LogP contribution in [-0.4, -0.2) is 37.0 Å². The van der Waals surface area contributed by atoms with Crippen LogP contribution in [-0.2, 0) is 11.2 Å². The van der Waals surface area contributed by atoms with E-state index in [1.165, 1.54) is 16.8 Å². The molecule has 1 fully saturated rings. The van der Waals surface area contributed by atoms with Crippen molar-refractivity contribution in [3.8, 4) is 0 Å². The fourth-order valence-electron chi connectivity index (χ4n) is 3.22. The Bertz CT molecular complexity index is 785. The van der Waals surface area contributed by atoms with Gasteiger partial charge in [0.1, 0.15) is 5.82 Å². The third-order valence-electron chi connectivity index (χ3n) is 4.71. The third kappa shape index (κ3) is 4.03. The number of halogens is 2. The highest BCUT2D eigenvalue weighted by molar-refractivity contribution is 9.10. The van der Waals surface area contributed by atoms with Gasteiger partial charge in [0, 0.05) is 31.9 Å². The van der Waals surface area contributed by atoms with E-state index < -0.39 is 0 Å². The van der Waals surface area contributed by atoms with Crippen LogP contribution in [0.3, 0.4) is 0 Å². The Morgan fingerprint density at radius 3 is 2.56 bits per heavy atom. The molecule has 0 aromatic heterocycles. The molecule has 3 rings (SSSR count). The normalized spacial score (nSPS) is 14.7. The SMILES string of the molecule is Cc1ccc(C)c(N2CCN(C(=O)Cc3cccc(Br)c3F)CC2)c1. The second kappa shape index (κ2) is 7.56. The van der Waals surface area contributed by atoms with Crippen molar-refractivity contribution in [1.82, 2.24) is 4.90 Å². The van der Waals surface area contributed by atoms with Gasteiger partial charge in [0.2, 0.25) is 5.91 Å². The first-order valence-electron chi connectivity index (χ1n) is 8.48. The minimum absolute atomic E-state index is 0.0161. The summed E-state index contributed by atoms with van der Waals surface area (Å²) in [6.07, 6.45) is 0.106. The summed E-state index contributed by atoms with van der Waals surface area (Å²) in [6, 6.07) is 11.5. The molecule has 132 valence electrons. The monoisotopic (exact) mass is 404 g/mol. The van der Waals surface area contributed by atoms with Crippen LogP contribution in [0.15, 0.2) is 40.9 Å². The van der Waals surface area contributed by atoms with Crippen molar-refractivity contribution in [3.63, 3.8) is 0 Å². The largest absolute Gasteiger partial charge is 0.368 e. The van der Waals surface area contributed by atoms with Crippen LogP contribution in [0.1, 0.15) is 16.7 Å². The average Bonchev–Trinajstić information content (AvgIpc) is 2.61. The number of amides is 1. The standard InChI is InChI=1S/C20H22BrFN2O/c1-14-6-7-15(2)18(12-14)23-8-10-24(11-9-23)19(25)13-16-4-3-5-17(21)20(16)22/h3-7,12H,8-11,13H2,1-2H3. The molecule has 1 aliphatic heterocycles. The number of nitrogens with zero attached hydrogens (tertiary/aromatic N) is 2. The summed E-state index contributed by atoms with van der Waals surface area (Å²) in [5.74, 6) is -0.359. The van der Waals surface area contributed by atoms with Gasteiger partial charge in [-0.2, -0.15) is 0 Å². The predicted octanol–water partition coefficient (Wildman–Crippen LogP) is 4.10. The quantitative estimate of drug-likeness (QED) is 0.768. The number of rotatable bonds is 3. The molecule has 1 amide bonds. The molecule has 2 aromatic carbocycles. The van der Waals surface area contributed by atoms with E-state index in [-0.39, 0.29) is 18.1 Å². The van der Waals surface area contributed by atoms with Gasteiger partial charge in [0.05, 0.1) is 10.9 Å². The van der Waals surface area contributed by atoms with Gasteiger partial charge in [0.15, 0.2) is 0 Å². The van der Waals surface area contributed by atoms with Crippen molar-refractivity contribution in [2.24, 2.45) is 0 Å². The molecule has 3 nitrogen and oxygen atoms in total. The maximum absolute atomic E-state index is 14.1. The lowest BCUT2D eigenvalue weighted by Crippen LogP contribution is -2.49. The van der Waals surface area contributed by atoms with E-state index >= 15 is 0 Å². The Hall–Kier alpha value is -1.88. The van der Waals surface area contributed by atoms with E-state index in [1.807, 2.05) is 4.90 Å². The Kier molecular flexibility index (Phi) is 5.42. The zero-order chi connectivity index (χ0) is 18.0. The average molecular weight is 405 g/mol. The number of piperazine rings is 1. The zero-order valence-corrected chi connectivity index (χ0v) is 16.1. The van der Waals surface area contributed by atoms with Crippen molar-refractivity contribution in [2.75, 3.05) is 31.1 Å². The first-order valence-corrected chi connectivity index (χ1v) is 9.28. The maximum Gasteiger partial charge on any atom is 0.227 e. The first kappa shape index (κ1) is 17.9. The van der Waals surface area contributed by atoms with Gasteiger partial charge in [-0.25, -0.2) is 4.39 Å². The summed E-state index contributed by atoms with van der Waals surface area (Å²) in [6.45, 7) is 7.15. The van der Waals surface area contributed by atoms with Gasteiger partial charge in [0.25, 0.3) is 0 Å². The predicted molar refractivity (Wildman–Crippen MR) is 103 cm³/mol. The maximum atomic E-state index is 14.1. The molecule has 25 heavy (non-hydrogen) atoms. The van der Waals surface area contributed by atoms with Crippen LogP contribution in [0.25, 0.3) is 0 Å². The van der Waals surface area contributed by atoms with Gasteiger partial charge in [-0.3, -0.25) is 4.79 Å². The van der Waals surface area contributed by atoms with E-state index in [0.29, 0.717) is 23.1 Å². The minimum atomic E-state index is -0.343. The molecule has 0 saturated carbocycles. The highest BCUT2D eigenvalue weighted by Gasteiger charge is 2.23. The van der Waals surface area contributed by atoms with Crippen molar-refractivity contribution in [2.45, 2.75) is 20.3 Å². The molecule has 0 aliphatic carbocycles. The van der Waals surface area contributed by atoms with Gasteiger partial charge < -0.3 is 9.80 Å². The molecule has 0 spiro atoms. The summed E-state index contributed by atoms with van der Waals surface area (Å²) >= 11 is 3.17. The van der Waals surface area contributed by atoms with Crippen molar-refractivity contribution in [3.05, 3.63) is 63.4 Å². The lowest BCUT2D eigenvalue weighted by molar-refractivity contribution is -0.130. The van der Waals surface area contributed by atoms with Crippen LogP contribution in [0.2, 0.25) is 0 Å². The number of carbonyl (C=O) groups excluding carboxylic acids is 1. The zero-order valence-electron chi connectivity index (χ0n) is 14.6. The molecule has 1 aliphatic rings. The number of hydrogen-bond acceptors (Lipinski definition) is 2. The van der Waals surface area contributed by atoms with Crippen molar-refractivity contribution in [1.29, 1.82) is 0 Å². The van der Waals surface area contributed by atoms with Crippen molar-refractivity contribution >= 4 is 27.5 Å². The van der Waals surface area contributed by atoms with Crippen LogP contribution >= 0.6 is 15.9 Å². The molecule has 0 atom stereocenters. The fourth-order valence-corrected chi connectivity index (χ4v) is 3.62. The van der Waals surface area contributed by atoms with Gasteiger partial charge in [-0.15, -0.1) is 0 Å². The van der Waals surface area contributed by atoms with E-state index in [2.05, 4.69) is 52.9 Å². The summed E-state index contributed by atoms with van der Waals surface area (Å²) in [7, 11) is 0. The molecule has 5 heteroatoms. The smallest absolute Gasteiger partial charge is 0.227 e. The van der Waals surface area contributed by atoms with E-state index in [1.54, 1.807) is 18.2 Å². The Labute approximate surface area is 156 Å². The summed E-state index contributed by atoms with van der Waals surface area (Å²) in [4.78, 5) is 16.7. The molecule has 0 N–H and O–H groups in total. The minimum Gasteiger partial charge on any atom is -0.368 e. The lowest BCUT2D eigenvalue weighted by atomic mass is 10.1. The molecule has 1 heterocycles. The van der Waals surface area contributed by atoms with Crippen LogP contribution in [0.5, 0.6) is 0 Å². The van der Waals surface area contributed by atoms with Gasteiger partial charge >= 0.3 is 0 Å². The summed E-state index contributed by atoms with van der Waals surface area (Å²) in [5, 5.41) is 0. The Morgan fingerprint density at radius 2 is 1.84 bits per heavy atom. The highest BCUT2D eigenvalue weighted by Crippen LogP contribution is 2.23. The number of aryl methyl sites for hydroxylation is 2. The molecular formula is C20H22BrFN2O. The third-order valence-corrected chi connectivity index (χ3v) is 5.32. The van der Waals surface area contributed by atoms with Crippen LogP contribution in [0.4, 0.5) is 10.1 Å². The molecule has 2 aromatic rings. The fraction of sp³-hybridized carbons (Fsp3) is 0.350. The molecule has 1 saturated heterocycles. The van der Waals surface area contributed by atoms with E-state index in [0.717, 1.165) is 13.1 Å². The second-order valence-electron chi connectivity index (χ2n) is 6.55. The summed E-state index contributed by atoms with van der Waals surface area (Å²) < 4.78 is 14.5. The van der Waals surface area contributed by atoms with Crippen molar-refractivity contribution < 1.29 is 9.18 Å². The van der Waals surface area contributed by atoms with E-state index in [9.17, 15) is 9.18 Å². The molecule has 0 radical (unpaired) electrons. The Balaban J connectivity index is 1.63. The molecule has 0 bridgehead atoms. The van der Waals surface area contributed by atoms with Gasteiger partial charge in [-0.1, -0.05) is 24.3 Å². The lowest BCUT2D eigenvalue weighted by Gasteiger charge is -2.37. The first-order chi connectivity index (χ1) is 12.0. The molecule has 0 unspecified atom stereocenters. The number of carbonyl (C=O) groups is 1. The topological polar surface area (TPSA) is 23.6 Å². The van der Waals surface area contributed by atoms with Gasteiger partial charge in [-0.05, 0) is 58.6 Å². The Morgan fingerprint density at radius 1 is 1.12 bits per heavy atom. The van der Waals surface area contributed by atoms with E-state index in [4.69, 9.17) is 0 Å². The number of anilines is 1. The molecular weight excluding hydrogens is 383 g/mol.